The van der Waals surface area contributed by atoms with Crippen molar-refractivity contribution in [3.63, 3.8) is 0 Å². The summed E-state index contributed by atoms with van der Waals surface area (Å²) in [7, 11) is 0. The van der Waals surface area contributed by atoms with Crippen LogP contribution in [0.25, 0.3) is 22.8 Å². The molecule has 4 aromatic rings. The van der Waals surface area contributed by atoms with E-state index in [0.29, 0.717) is 10.6 Å². The fourth-order valence-electron chi connectivity index (χ4n) is 2.41. The minimum atomic E-state index is -4.47. The lowest BCUT2D eigenvalue weighted by Gasteiger charge is -2.06. The molecule has 0 saturated heterocycles. The summed E-state index contributed by atoms with van der Waals surface area (Å²) in [6.45, 7) is -0.212. The van der Waals surface area contributed by atoms with Crippen molar-refractivity contribution in [2.24, 2.45) is 0 Å². The van der Waals surface area contributed by atoms with Gasteiger partial charge in [0.2, 0.25) is 11.6 Å². The topological polar surface area (TPSA) is 87.1 Å². The molecule has 0 aliphatic rings. The van der Waals surface area contributed by atoms with E-state index in [1.807, 2.05) is 0 Å². The monoisotopic (exact) mass is 422 g/mol. The lowest BCUT2D eigenvalue weighted by Crippen LogP contribution is -2.04. The fourth-order valence-corrected chi connectivity index (χ4v) is 2.63. The van der Waals surface area contributed by atoms with Gasteiger partial charge in [-0.2, -0.15) is 23.1 Å². The van der Waals surface area contributed by atoms with Gasteiger partial charge in [-0.3, -0.25) is 4.52 Å². The van der Waals surface area contributed by atoms with E-state index in [4.69, 9.17) is 25.4 Å². The molecule has 0 N–H and O–H groups in total. The van der Waals surface area contributed by atoms with Crippen molar-refractivity contribution in [3.05, 3.63) is 65.0 Å². The van der Waals surface area contributed by atoms with Crippen molar-refractivity contribution in [1.82, 2.24) is 20.3 Å². The first-order valence-electron chi connectivity index (χ1n) is 8.12. The van der Waals surface area contributed by atoms with E-state index < -0.39 is 11.7 Å². The summed E-state index contributed by atoms with van der Waals surface area (Å²) in [6, 6.07) is 11.5. The molecule has 7 nitrogen and oxygen atoms in total. The Hall–Kier alpha value is -3.40. The standard InChI is InChI=1S/C18H10ClF3N4O3/c19-13-7-2-1-6-12(13)16-24-17(29-26-16)27-9-14-23-15(25-28-14)10-4-3-5-11(8-10)18(20,21)22/h1-8H,9H2. The van der Waals surface area contributed by atoms with Crippen molar-refractivity contribution in [3.8, 4) is 28.9 Å². The average Bonchev–Trinajstić information content (AvgIpc) is 3.36. The maximum atomic E-state index is 12.8. The number of halogens is 4. The lowest BCUT2D eigenvalue weighted by molar-refractivity contribution is -0.137. The molecular weight excluding hydrogens is 413 g/mol. The highest BCUT2D eigenvalue weighted by Gasteiger charge is 2.30. The predicted octanol–water partition coefficient (Wildman–Crippen LogP) is 5.04. The number of hydrogen-bond donors (Lipinski definition) is 0. The molecule has 0 unspecified atom stereocenters. The second-order valence-electron chi connectivity index (χ2n) is 5.74. The highest BCUT2D eigenvalue weighted by atomic mass is 35.5. The predicted molar refractivity (Wildman–Crippen MR) is 93.8 cm³/mol. The van der Waals surface area contributed by atoms with Crippen LogP contribution >= 0.6 is 11.6 Å². The van der Waals surface area contributed by atoms with Gasteiger partial charge >= 0.3 is 12.3 Å². The molecule has 0 bridgehead atoms. The molecule has 0 aliphatic heterocycles. The average molecular weight is 423 g/mol. The van der Waals surface area contributed by atoms with Gasteiger partial charge in [0.05, 0.1) is 10.6 Å². The maximum absolute atomic E-state index is 12.8. The van der Waals surface area contributed by atoms with E-state index in [9.17, 15) is 13.2 Å². The Labute approximate surface area is 166 Å². The molecule has 11 heteroatoms. The van der Waals surface area contributed by atoms with E-state index in [-0.39, 0.29) is 35.8 Å². The zero-order valence-corrected chi connectivity index (χ0v) is 15.1. The second kappa shape index (κ2) is 7.55. The molecule has 0 saturated carbocycles. The largest absolute Gasteiger partial charge is 0.439 e. The van der Waals surface area contributed by atoms with Gasteiger partial charge < -0.3 is 9.26 Å². The van der Waals surface area contributed by atoms with Crippen LogP contribution in [0.3, 0.4) is 0 Å². The molecule has 0 atom stereocenters. The SMILES string of the molecule is FC(F)(F)c1cccc(-c2noc(COc3nc(-c4ccccc4Cl)no3)n2)c1. The Morgan fingerprint density at radius 1 is 0.931 bits per heavy atom. The maximum Gasteiger partial charge on any atom is 0.418 e. The molecule has 2 aromatic carbocycles. The molecule has 0 aliphatic carbocycles. The van der Waals surface area contributed by atoms with E-state index in [1.54, 1.807) is 24.3 Å². The summed E-state index contributed by atoms with van der Waals surface area (Å²) in [4.78, 5) is 8.08. The Bertz CT molecular complexity index is 1140. The van der Waals surface area contributed by atoms with Crippen LogP contribution in [0.1, 0.15) is 11.5 Å². The third-order valence-electron chi connectivity index (χ3n) is 3.76. The molecule has 148 valence electrons. The van der Waals surface area contributed by atoms with E-state index in [0.717, 1.165) is 12.1 Å². The second-order valence-corrected chi connectivity index (χ2v) is 6.15. The van der Waals surface area contributed by atoms with Crippen molar-refractivity contribution < 1.29 is 27.0 Å². The molecule has 0 spiro atoms. The Morgan fingerprint density at radius 2 is 1.72 bits per heavy atom. The van der Waals surface area contributed by atoms with Gasteiger partial charge in [0, 0.05) is 11.1 Å². The highest BCUT2D eigenvalue weighted by Crippen LogP contribution is 2.31. The lowest BCUT2D eigenvalue weighted by atomic mass is 10.1. The summed E-state index contributed by atoms with van der Waals surface area (Å²) >= 11 is 6.08. The van der Waals surface area contributed by atoms with Gasteiger partial charge in [0.1, 0.15) is 0 Å². The fraction of sp³-hybridized carbons (Fsp3) is 0.111. The summed E-state index contributed by atoms with van der Waals surface area (Å²) < 4.78 is 53.8. The summed E-state index contributed by atoms with van der Waals surface area (Å²) in [5.41, 5.74) is -0.0819. The first-order valence-corrected chi connectivity index (χ1v) is 8.49. The van der Waals surface area contributed by atoms with E-state index in [2.05, 4.69) is 20.3 Å². The van der Waals surface area contributed by atoms with Gasteiger partial charge in [0.15, 0.2) is 6.61 Å². The number of ether oxygens (including phenoxy) is 1. The minimum absolute atomic E-state index is 0.00279. The van der Waals surface area contributed by atoms with Crippen LogP contribution in [0, 0.1) is 0 Å². The molecule has 0 radical (unpaired) electrons. The summed E-state index contributed by atoms with van der Waals surface area (Å²) in [6.07, 6.45) is -4.62. The van der Waals surface area contributed by atoms with Gasteiger partial charge in [-0.25, -0.2) is 0 Å². The minimum Gasteiger partial charge on any atom is -0.439 e. The smallest absolute Gasteiger partial charge is 0.418 e. The third-order valence-corrected chi connectivity index (χ3v) is 4.09. The van der Waals surface area contributed by atoms with Crippen molar-refractivity contribution in [2.45, 2.75) is 12.8 Å². The normalized spacial score (nSPS) is 11.6. The van der Waals surface area contributed by atoms with Crippen molar-refractivity contribution in [2.75, 3.05) is 0 Å². The first-order chi connectivity index (χ1) is 13.9. The van der Waals surface area contributed by atoms with Crippen LogP contribution in [0.2, 0.25) is 5.02 Å². The van der Waals surface area contributed by atoms with E-state index in [1.165, 1.54) is 12.1 Å². The van der Waals surface area contributed by atoms with Crippen LogP contribution in [0.4, 0.5) is 13.2 Å². The number of nitrogens with zero attached hydrogens (tertiary/aromatic N) is 4. The van der Waals surface area contributed by atoms with Crippen LogP contribution in [-0.4, -0.2) is 20.3 Å². The van der Waals surface area contributed by atoms with Gasteiger partial charge in [-0.15, -0.1) is 0 Å². The Kier molecular flexibility index (Phi) is 4.93. The Balaban J connectivity index is 1.45. The van der Waals surface area contributed by atoms with Crippen molar-refractivity contribution >= 4 is 11.6 Å². The molecule has 2 aromatic heterocycles. The molecular formula is C18H10ClF3N4O3. The zero-order valence-electron chi connectivity index (χ0n) is 14.4. The number of aromatic nitrogens is 4. The Morgan fingerprint density at radius 3 is 2.52 bits per heavy atom. The van der Waals surface area contributed by atoms with Crippen LogP contribution in [-0.2, 0) is 12.8 Å². The van der Waals surface area contributed by atoms with E-state index >= 15 is 0 Å². The third kappa shape index (κ3) is 4.21. The van der Waals surface area contributed by atoms with Crippen LogP contribution < -0.4 is 4.74 Å². The molecule has 2 heterocycles. The van der Waals surface area contributed by atoms with Gasteiger partial charge in [-0.05, 0) is 24.3 Å². The van der Waals surface area contributed by atoms with Crippen molar-refractivity contribution in [1.29, 1.82) is 0 Å². The zero-order chi connectivity index (χ0) is 20.4. The molecule has 29 heavy (non-hydrogen) atoms. The summed E-state index contributed by atoms with van der Waals surface area (Å²) in [5, 5.41) is 7.89. The number of rotatable bonds is 5. The van der Waals surface area contributed by atoms with Gasteiger partial charge in [0.25, 0.3) is 5.89 Å². The molecule has 4 rings (SSSR count). The van der Waals surface area contributed by atoms with Crippen LogP contribution in [0.15, 0.2) is 57.6 Å². The molecule has 0 amide bonds. The number of benzene rings is 2. The number of hydrogen-bond acceptors (Lipinski definition) is 7. The van der Waals surface area contributed by atoms with Crippen LogP contribution in [0.5, 0.6) is 6.08 Å². The number of alkyl halides is 3. The first kappa shape index (κ1) is 18.9. The quantitative estimate of drug-likeness (QED) is 0.445. The highest BCUT2D eigenvalue weighted by molar-refractivity contribution is 6.33. The summed E-state index contributed by atoms with van der Waals surface area (Å²) in [5.74, 6) is 0.257. The van der Waals surface area contributed by atoms with Gasteiger partial charge in [-0.1, -0.05) is 46.2 Å². The molecule has 0 fully saturated rings.